The van der Waals surface area contributed by atoms with Crippen LogP contribution in [0.4, 0.5) is 5.69 Å². The first-order valence-corrected chi connectivity index (χ1v) is 4.70. The number of aliphatic hydroxyl groups is 1. The summed E-state index contributed by atoms with van der Waals surface area (Å²) in [6, 6.07) is 6.77. The highest BCUT2D eigenvalue weighted by Crippen LogP contribution is 2.07. The predicted molar refractivity (Wildman–Crippen MR) is 63.2 cm³/mol. The Kier molecular flexibility index (Phi) is 4.05. The Balaban J connectivity index is 2.72. The van der Waals surface area contributed by atoms with Gasteiger partial charge in [-0.25, -0.2) is 4.79 Å². The van der Waals surface area contributed by atoms with E-state index in [4.69, 9.17) is 15.9 Å². The van der Waals surface area contributed by atoms with E-state index >= 15 is 0 Å². The van der Waals surface area contributed by atoms with Gasteiger partial charge in [-0.3, -0.25) is 4.79 Å². The highest BCUT2D eigenvalue weighted by molar-refractivity contribution is 6.05. The Hall–Kier alpha value is -2.56. The van der Waals surface area contributed by atoms with Crippen LogP contribution in [0.3, 0.4) is 0 Å². The number of carbonyl (C=O) groups excluding carboxylic acids is 1. The molecule has 0 aromatic heterocycles. The topological polar surface area (TPSA) is 101 Å². The number of hydrogen-bond acceptors (Lipinski definition) is 4. The second kappa shape index (κ2) is 5.50. The Bertz CT molecular complexity index is 486. The minimum Gasteiger partial charge on any atom is -0.502 e. The van der Waals surface area contributed by atoms with Gasteiger partial charge in [0.1, 0.15) is 0 Å². The van der Waals surface area contributed by atoms with Gasteiger partial charge in [-0.2, -0.15) is 0 Å². The molecule has 1 aromatic carbocycles. The van der Waals surface area contributed by atoms with Crippen LogP contribution < -0.4 is 5.73 Å². The number of nitrogen functional groups attached to an aromatic ring is 1. The Morgan fingerprint density at radius 3 is 2.24 bits per heavy atom. The van der Waals surface area contributed by atoms with E-state index < -0.39 is 17.5 Å². The number of allylic oxidation sites excluding steroid dienone is 2. The first-order valence-electron chi connectivity index (χ1n) is 4.70. The quantitative estimate of drug-likeness (QED) is 0.414. The Morgan fingerprint density at radius 2 is 1.71 bits per heavy atom. The normalized spacial score (nSPS) is 11.6. The smallest absolute Gasteiger partial charge is 0.371 e. The number of carbonyl (C=O) groups is 2. The van der Waals surface area contributed by atoms with Crippen LogP contribution in [0, 0.1) is 0 Å². The summed E-state index contributed by atoms with van der Waals surface area (Å²) in [4.78, 5) is 21.4. The molecule has 0 saturated heterocycles. The van der Waals surface area contributed by atoms with E-state index in [2.05, 4.69) is 0 Å². The molecule has 17 heavy (non-hydrogen) atoms. The lowest BCUT2D eigenvalue weighted by atomic mass is 10.2. The number of aliphatic carboxylic acids is 1. The minimum atomic E-state index is -1.54. The number of nitrogens with two attached hydrogens (primary N) is 1. The number of ketones is 1. The summed E-state index contributed by atoms with van der Waals surface area (Å²) in [5.74, 6) is -3.14. The molecule has 4 N–H and O–H groups in total. The van der Waals surface area contributed by atoms with Crippen molar-refractivity contribution in [1.29, 1.82) is 0 Å². The van der Waals surface area contributed by atoms with Crippen LogP contribution >= 0.6 is 0 Å². The second-order valence-corrected chi connectivity index (χ2v) is 3.24. The van der Waals surface area contributed by atoms with Crippen molar-refractivity contribution >= 4 is 23.5 Å². The summed E-state index contributed by atoms with van der Waals surface area (Å²) < 4.78 is 0. The first-order chi connectivity index (χ1) is 7.99. The third-order valence-electron chi connectivity index (χ3n) is 1.87. The summed E-state index contributed by atoms with van der Waals surface area (Å²) in [5, 5.41) is 17.2. The van der Waals surface area contributed by atoms with Crippen LogP contribution in [-0.4, -0.2) is 22.0 Å². The van der Waals surface area contributed by atoms with Crippen molar-refractivity contribution in [3.05, 3.63) is 47.7 Å². The molecule has 0 aliphatic rings. The molecule has 0 spiro atoms. The SMILES string of the molecule is Nc1ccc(/C=C/C(=O)/C=C(/O)C(=O)O)cc1. The number of benzene rings is 1. The Labute approximate surface area is 97.5 Å². The second-order valence-electron chi connectivity index (χ2n) is 3.24. The van der Waals surface area contributed by atoms with E-state index in [1.807, 2.05) is 0 Å². The van der Waals surface area contributed by atoms with Crippen LogP contribution in [0.5, 0.6) is 0 Å². The molecule has 88 valence electrons. The van der Waals surface area contributed by atoms with Gasteiger partial charge in [0.15, 0.2) is 5.78 Å². The van der Waals surface area contributed by atoms with Crippen LogP contribution in [0.2, 0.25) is 0 Å². The number of carboxylic acids is 1. The zero-order chi connectivity index (χ0) is 12.8. The molecule has 0 atom stereocenters. The number of hydrogen-bond donors (Lipinski definition) is 3. The average molecular weight is 233 g/mol. The Morgan fingerprint density at radius 1 is 1.12 bits per heavy atom. The molecule has 0 fully saturated rings. The van der Waals surface area contributed by atoms with E-state index in [1.165, 1.54) is 6.08 Å². The van der Waals surface area contributed by atoms with Crippen LogP contribution in [0.1, 0.15) is 5.56 Å². The van der Waals surface area contributed by atoms with Crippen molar-refractivity contribution in [1.82, 2.24) is 0 Å². The van der Waals surface area contributed by atoms with E-state index in [9.17, 15) is 9.59 Å². The number of carboxylic acid groups (broad SMARTS) is 1. The fourth-order valence-corrected chi connectivity index (χ4v) is 1.03. The lowest BCUT2D eigenvalue weighted by Crippen LogP contribution is -2.01. The number of anilines is 1. The lowest BCUT2D eigenvalue weighted by molar-refractivity contribution is -0.135. The maximum atomic E-state index is 11.2. The zero-order valence-corrected chi connectivity index (χ0v) is 8.83. The maximum absolute atomic E-state index is 11.2. The van der Waals surface area contributed by atoms with Gasteiger partial charge in [-0.05, 0) is 23.8 Å². The van der Waals surface area contributed by atoms with Crippen molar-refractivity contribution in [3.63, 3.8) is 0 Å². The van der Waals surface area contributed by atoms with Gasteiger partial charge >= 0.3 is 5.97 Å². The van der Waals surface area contributed by atoms with Gasteiger partial charge in [0.05, 0.1) is 0 Å². The van der Waals surface area contributed by atoms with Crippen molar-refractivity contribution in [2.75, 3.05) is 5.73 Å². The maximum Gasteiger partial charge on any atom is 0.371 e. The highest BCUT2D eigenvalue weighted by Gasteiger charge is 2.04. The summed E-state index contributed by atoms with van der Waals surface area (Å²) in [6.07, 6.45) is 3.29. The van der Waals surface area contributed by atoms with E-state index in [0.717, 1.165) is 11.6 Å². The van der Waals surface area contributed by atoms with Gasteiger partial charge in [-0.15, -0.1) is 0 Å². The van der Waals surface area contributed by atoms with Gasteiger partial charge in [0.2, 0.25) is 5.76 Å². The molecule has 0 aliphatic heterocycles. The molecule has 0 saturated carbocycles. The minimum absolute atomic E-state index is 0.608. The zero-order valence-electron chi connectivity index (χ0n) is 8.83. The third-order valence-corrected chi connectivity index (χ3v) is 1.87. The van der Waals surface area contributed by atoms with E-state index in [0.29, 0.717) is 11.8 Å². The van der Waals surface area contributed by atoms with E-state index in [-0.39, 0.29) is 0 Å². The summed E-state index contributed by atoms with van der Waals surface area (Å²) in [5.41, 5.74) is 6.84. The molecular weight excluding hydrogens is 222 g/mol. The van der Waals surface area contributed by atoms with Crippen molar-refractivity contribution in [3.8, 4) is 0 Å². The van der Waals surface area contributed by atoms with Crippen molar-refractivity contribution < 1.29 is 19.8 Å². The number of rotatable bonds is 4. The molecule has 5 heteroatoms. The van der Waals surface area contributed by atoms with Gasteiger partial charge in [0, 0.05) is 11.8 Å². The van der Waals surface area contributed by atoms with Gasteiger partial charge in [-0.1, -0.05) is 18.2 Å². The average Bonchev–Trinajstić information content (AvgIpc) is 2.28. The van der Waals surface area contributed by atoms with Crippen LogP contribution in [0.25, 0.3) is 6.08 Å². The molecule has 0 bridgehead atoms. The molecule has 5 nitrogen and oxygen atoms in total. The fourth-order valence-electron chi connectivity index (χ4n) is 1.03. The van der Waals surface area contributed by atoms with Crippen molar-refractivity contribution in [2.24, 2.45) is 0 Å². The predicted octanol–water partition coefficient (Wildman–Crippen LogP) is 1.38. The summed E-state index contributed by atoms with van der Waals surface area (Å²) >= 11 is 0. The molecule has 0 amide bonds. The van der Waals surface area contributed by atoms with Crippen LogP contribution in [0.15, 0.2) is 42.2 Å². The highest BCUT2D eigenvalue weighted by atomic mass is 16.4. The molecule has 1 aromatic rings. The molecule has 1 rings (SSSR count). The standard InChI is InChI=1S/C12H11NO4/c13-9-4-1-8(2-5-9)3-6-10(14)7-11(15)12(16)17/h1-7,15H,13H2,(H,16,17)/b6-3+,11-7+. The van der Waals surface area contributed by atoms with E-state index in [1.54, 1.807) is 24.3 Å². The van der Waals surface area contributed by atoms with Crippen molar-refractivity contribution in [2.45, 2.75) is 0 Å². The third kappa shape index (κ3) is 4.21. The molecule has 0 unspecified atom stereocenters. The largest absolute Gasteiger partial charge is 0.502 e. The van der Waals surface area contributed by atoms with Crippen LogP contribution in [-0.2, 0) is 9.59 Å². The lowest BCUT2D eigenvalue weighted by Gasteiger charge is -1.94. The monoisotopic (exact) mass is 233 g/mol. The first kappa shape index (κ1) is 12.5. The number of aliphatic hydroxyl groups excluding tert-OH is 1. The van der Waals surface area contributed by atoms with Gasteiger partial charge in [0.25, 0.3) is 0 Å². The van der Waals surface area contributed by atoms with Gasteiger partial charge < -0.3 is 15.9 Å². The molecule has 0 radical (unpaired) electrons. The fraction of sp³-hybridized carbons (Fsp3) is 0. The molecular formula is C12H11NO4. The molecule has 0 aliphatic carbocycles. The molecule has 0 heterocycles. The summed E-state index contributed by atoms with van der Waals surface area (Å²) in [6.45, 7) is 0. The summed E-state index contributed by atoms with van der Waals surface area (Å²) in [7, 11) is 0.